The van der Waals surface area contributed by atoms with E-state index >= 15 is 0 Å². The summed E-state index contributed by atoms with van der Waals surface area (Å²) in [5.74, 6) is 0. The lowest BCUT2D eigenvalue weighted by atomic mass is 10.2. The van der Waals surface area contributed by atoms with Crippen LogP contribution in [-0.2, 0) is 7.05 Å². The Morgan fingerprint density at radius 1 is 1.27 bits per heavy atom. The minimum absolute atomic E-state index is 0.136. The van der Waals surface area contributed by atoms with Crippen LogP contribution in [0.3, 0.4) is 0 Å². The molecule has 2 heterocycles. The predicted molar refractivity (Wildman–Crippen MR) is 90.1 cm³/mol. The number of benzene rings is 1. The highest BCUT2D eigenvalue weighted by Gasteiger charge is 2.09. The van der Waals surface area contributed by atoms with Crippen molar-refractivity contribution < 1.29 is 0 Å². The van der Waals surface area contributed by atoms with Crippen molar-refractivity contribution in [1.29, 1.82) is 0 Å². The summed E-state index contributed by atoms with van der Waals surface area (Å²) in [5, 5.41) is 8.40. The van der Waals surface area contributed by atoms with Gasteiger partial charge in [-0.05, 0) is 38.1 Å². The SMILES string of the molecule is CC(C)n1ccc2cc(Nc3cnn(C)c(=O)c3Cl)ccc21. The quantitative estimate of drug-likeness (QED) is 0.801. The molecule has 0 aliphatic carbocycles. The third-order valence-electron chi connectivity index (χ3n) is 3.63. The molecule has 0 aliphatic rings. The maximum absolute atomic E-state index is 11.8. The third kappa shape index (κ3) is 2.48. The van der Waals surface area contributed by atoms with Gasteiger partial charge in [-0.15, -0.1) is 0 Å². The minimum atomic E-state index is -0.321. The summed E-state index contributed by atoms with van der Waals surface area (Å²) in [4.78, 5) is 11.8. The molecule has 3 aromatic rings. The first kappa shape index (κ1) is 14.7. The highest BCUT2D eigenvalue weighted by molar-refractivity contribution is 6.33. The van der Waals surface area contributed by atoms with Gasteiger partial charge < -0.3 is 9.88 Å². The molecule has 22 heavy (non-hydrogen) atoms. The van der Waals surface area contributed by atoms with Gasteiger partial charge in [0.1, 0.15) is 5.02 Å². The van der Waals surface area contributed by atoms with E-state index in [4.69, 9.17) is 11.6 Å². The fourth-order valence-corrected chi connectivity index (χ4v) is 2.66. The number of hydrogen-bond donors (Lipinski definition) is 1. The first-order valence-corrected chi connectivity index (χ1v) is 7.44. The van der Waals surface area contributed by atoms with Gasteiger partial charge in [0.2, 0.25) is 0 Å². The molecule has 0 saturated heterocycles. The fraction of sp³-hybridized carbons (Fsp3) is 0.250. The Hall–Kier alpha value is -2.27. The van der Waals surface area contributed by atoms with Gasteiger partial charge in [0.15, 0.2) is 0 Å². The monoisotopic (exact) mass is 316 g/mol. The van der Waals surface area contributed by atoms with Gasteiger partial charge in [-0.25, -0.2) is 4.68 Å². The average Bonchev–Trinajstić information content (AvgIpc) is 2.91. The molecule has 0 radical (unpaired) electrons. The second-order valence-corrected chi connectivity index (χ2v) is 5.89. The Balaban J connectivity index is 1.98. The van der Waals surface area contributed by atoms with E-state index in [-0.39, 0.29) is 10.6 Å². The largest absolute Gasteiger partial charge is 0.353 e. The molecule has 0 amide bonds. The van der Waals surface area contributed by atoms with E-state index in [1.54, 1.807) is 13.2 Å². The lowest BCUT2D eigenvalue weighted by Crippen LogP contribution is -2.20. The molecule has 0 fully saturated rings. The zero-order chi connectivity index (χ0) is 15.9. The number of anilines is 2. The summed E-state index contributed by atoms with van der Waals surface area (Å²) in [5.41, 5.74) is 2.23. The zero-order valence-corrected chi connectivity index (χ0v) is 13.4. The number of nitrogens with zero attached hydrogens (tertiary/aromatic N) is 3. The van der Waals surface area contributed by atoms with Crippen LogP contribution in [0.15, 0.2) is 41.5 Å². The standard InChI is InChI=1S/C16H17ClN4O/c1-10(2)21-7-6-11-8-12(4-5-14(11)21)19-13-9-18-20(3)16(22)15(13)17/h4-10,19H,1-3H3. The van der Waals surface area contributed by atoms with E-state index in [0.29, 0.717) is 11.7 Å². The Morgan fingerprint density at radius 3 is 2.77 bits per heavy atom. The van der Waals surface area contributed by atoms with Crippen molar-refractivity contribution in [3.8, 4) is 0 Å². The second-order valence-electron chi connectivity index (χ2n) is 5.52. The van der Waals surface area contributed by atoms with Crippen LogP contribution in [0.1, 0.15) is 19.9 Å². The summed E-state index contributed by atoms with van der Waals surface area (Å²) in [6, 6.07) is 8.54. The summed E-state index contributed by atoms with van der Waals surface area (Å²) >= 11 is 6.07. The number of nitrogens with one attached hydrogen (secondary N) is 1. The van der Waals surface area contributed by atoms with Crippen LogP contribution < -0.4 is 10.9 Å². The molecule has 114 valence electrons. The highest BCUT2D eigenvalue weighted by atomic mass is 35.5. The highest BCUT2D eigenvalue weighted by Crippen LogP contribution is 2.26. The smallest absolute Gasteiger partial charge is 0.287 e. The molecule has 1 N–H and O–H groups in total. The number of rotatable bonds is 3. The number of fused-ring (bicyclic) bond motifs is 1. The lowest BCUT2D eigenvalue weighted by Gasteiger charge is -2.11. The summed E-state index contributed by atoms with van der Waals surface area (Å²) in [6.07, 6.45) is 3.62. The number of aryl methyl sites for hydroxylation is 1. The summed E-state index contributed by atoms with van der Waals surface area (Å²) < 4.78 is 3.42. The number of aromatic nitrogens is 3. The Kier molecular flexibility index (Phi) is 3.66. The predicted octanol–water partition coefficient (Wildman–Crippen LogP) is 3.71. The van der Waals surface area contributed by atoms with E-state index < -0.39 is 0 Å². The van der Waals surface area contributed by atoms with E-state index in [1.807, 2.05) is 12.1 Å². The molecule has 0 atom stereocenters. The normalized spacial score (nSPS) is 11.3. The lowest BCUT2D eigenvalue weighted by molar-refractivity contribution is 0.623. The van der Waals surface area contributed by atoms with Crippen LogP contribution >= 0.6 is 11.6 Å². The molecule has 3 rings (SSSR count). The maximum Gasteiger partial charge on any atom is 0.287 e. The van der Waals surface area contributed by atoms with Crippen molar-refractivity contribution >= 4 is 33.9 Å². The molecular formula is C16H17ClN4O. The van der Waals surface area contributed by atoms with E-state index in [9.17, 15) is 4.79 Å². The molecule has 5 nitrogen and oxygen atoms in total. The number of halogens is 1. The van der Waals surface area contributed by atoms with Gasteiger partial charge in [-0.3, -0.25) is 4.79 Å². The number of hydrogen-bond acceptors (Lipinski definition) is 3. The third-order valence-corrected chi connectivity index (χ3v) is 4.00. The van der Waals surface area contributed by atoms with Crippen molar-refractivity contribution in [3.63, 3.8) is 0 Å². The van der Waals surface area contributed by atoms with Gasteiger partial charge in [0, 0.05) is 35.9 Å². The first-order valence-electron chi connectivity index (χ1n) is 7.07. The Bertz CT molecular complexity index is 895. The summed E-state index contributed by atoms with van der Waals surface area (Å²) in [7, 11) is 1.57. The summed E-state index contributed by atoms with van der Waals surface area (Å²) in [6.45, 7) is 4.30. The second kappa shape index (κ2) is 5.50. The molecule has 0 bridgehead atoms. The van der Waals surface area contributed by atoms with Gasteiger partial charge >= 0.3 is 0 Å². The molecule has 1 aromatic carbocycles. The first-order chi connectivity index (χ1) is 10.5. The van der Waals surface area contributed by atoms with E-state index in [0.717, 1.165) is 11.1 Å². The average molecular weight is 317 g/mol. The molecule has 2 aromatic heterocycles. The van der Waals surface area contributed by atoms with Crippen LogP contribution in [0.4, 0.5) is 11.4 Å². The van der Waals surface area contributed by atoms with Crippen LogP contribution in [0.2, 0.25) is 5.02 Å². The molecule has 0 saturated carbocycles. The van der Waals surface area contributed by atoms with Gasteiger partial charge in [-0.2, -0.15) is 5.10 Å². The van der Waals surface area contributed by atoms with Crippen molar-refractivity contribution in [2.45, 2.75) is 19.9 Å². The molecule has 0 aliphatic heterocycles. The van der Waals surface area contributed by atoms with Crippen molar-refractivity contribution in [3.05, 3.63) is 52.0 Å². The molecule has 6 heteroatoms. The van der Waals surface area contributed by atoms with E-state index in [1.165, 1.54) is 10.2 Å². The minimum Gasteiger partial charge on any atom is -0.353 e. The Morgan fingerprint density at radius 2 is 2.05 bits per heavy atom. The molecular weight excluding hydrogens is 300 g/mol. The van der Waals surface area contributed by atoms with Gasteiger partial charge in [0.25, 0.3) is 5.56 Å². The van der Waals surface area contributed by atoms with Gasteiger partial charge in [-0.1, -0.05) is 11.6 Å². The van der Waals surface area contributed by atoms with Crippen LogP contribution in [0.25, 0.3) is 10.9 Å². The Labute approximate surface area is 133 Å². The van der Waals surface area contributed by atoms with E-state index in [2.05, 4.69) is 47.2 Å². The molecule has 0 unspecified atom stereocenters. The zero-order valence-electron chi connectivity index (χ0n) is 12.7. The maximum atomic E-state index is 11.8. The topological polar surface area (TPSA) is 51.9 Å². The van der Waals surface area contributed by atoms with Crippen LogP contribution in [0.5, 0.6) is 0 Å². The fourth-order valence-electron chi connectivity index (χ4n) is 2.45. The van der Waals surface area contributed by atoms with Crippen molar-refractivity contribution in [2.75, 3.05) is 5.32 Å². The van der Waals surface area contributed by atoms with Crippen LogP contribution in [-0.4, -0.2) is 14.3 Å². The van der Waals surface area contributed by atoms with Crippen LogP contribution in [0, 0.1) is 0 Å². The molecule has 0 spiro atoms. The van der Waals surface area contributed by atoms with Crippen molar-refractivity contribution in [1.82, 2.24) is 14.3 Å². The van der Waals surface area contributed by atoms with Gasteiger partial charge in [0.05, 0.1) is 11.9 Å². The van der Waals surface area contributed by atoms with Crippen molar-refractivity contribution in [2.24, 2.45) is 7.05 Å².